The van der Waals surface area contributed by atoms with Gasteiger partial charge < -0.3 is 20.1 Å². The molecule has 27 heavy (non-hydrogen) atoms. The fourth-order valence-electron chi connectivity index (χ4n) is 2.78. The maximum atomic E-state index is 12.1. The lowest BCUT2D eigenvalue weighted by Crippen LogP contribution is -2.32. The molecule has 0 bridgehead atoms. The minimum absolute atomic E-state index is 0.0736. The van der Waals surface area contributed by atoms with Crippen molar-refractivity contribution in [1.82, 2.24) is 5.32 Å². The molecule has 0 aromatic heterocycles. The van der Waals surface area contributed by atoms with Gasteiger partial charge in [-0.25, -0.2) is 4.79 Å². The van der Waals surface area contributed by atoms with Crippen LogP contribution in [0.5, 0.6) is 5.75 Å². The molecule has 0 saturated heterocycles. The van der Waals surface area contributed by atoms with Crippen LogP contribution in [0, 0.1) is 6.92 Å². The number of hydrogen-bond acceptors (Lipinski definition) is 4. The summed E-state index contributed by atoms with van der Waals surface area (Å²) >= 11 is 5.48. The molecule has 2 N–H and O–H groups in total. The van der Waals surface area contributed by atoms with E-state index in [0.29, 0.717) is 17.3 Å². The Morgan fingerprint density at radius 3 is 2.44 bits per heavy atom. The van der Waals surface area contributed by atoms with Gasteiger partial charge in [-0.1, -0.05) is 25.1 Å². The summed E-state index contributed by atoms with van der Waals surface area (Å²) in [5.74, 6) is 0.489. The summed E-state index contributed by atoms with van der Waals surface area (Å²) in [5, 5.41) is 7.03. The fraction of sp³-hybridized carbons (Fsp3) is 0.333. The van der Waals surface area contributed by atoms with Crippen molar-refractivity contribution >= 4 is 29.0 Å². The van der Waals surface area contributed by atoms with Crippen molar-refractivity contribution in [3.63, 3.8) is 0 Å². The number of rotatable bonds is 7. The van der Waals surface area contributed by atoms with Crippen molar-refractivity contribution in [2.75, 3.05) is 19.0 Å². The van der Waals surface area contributed by atoms with Crippen molar-refractivity contribution < 1.29 is 14.3 Å². The summed E-state index contributed by atoms with van der Waals surface area (Å²) in [5.41, 5.74) is 3.24. The van der Waals surface area contributed by atoms with Gasteiger partial charge in [-0.15, -0.1) is 0 Å². The molecule has 6 heteroatoms. The molecule has 0 aliphatic carbocycles. The van der Waals surface area contributed by atoms with Crippen LogP contribution >= 0.6 is 12.2 Å². The summed E-state index contributed by atoms with van der Waals surface area (Å²) in [7, 11) is 1.65. The first-order chi connectivity index (χ1) is 13.0. The SMILES string of the molecule is CCOC(=O)c1cccc(NC(=S)N[C@H](CC)c2ccc(OC)cc2)c1C. The second kappa shape index (κ2) is 9.92. The molecule has 1 atom stereocenters. The summed E-state index contributed by atoms with van der Waals surface area (Å²) in [4.78, 5) is 12.1. The first-order valence-corrected chi connectivity index (χ1v) is 9.39. The molecular weight excluding hydrogens is 360 g/mol. The zero-order valence-electron chi connectivity index (χ0n) is 16.2. The van der Waals surface area contributed by atoms with Crippen LogP contribution in [0.1, 0.15) is 47.8 Å². The maximum Gasteiger partial charge on any atom is 0.338 e. The molecule has 0 spiro atoms. The van der Waals surface area contributed by atoms with Crippen LogP contribution in [0.25, 0.3) is 0 Å². The molecular formula is C21H26N2O3S. The van der Waals surface area contributed by atoms with Crippen LogP contribution in [0.4, 0.5) is 5.69 Å². The van der Waals surface area contributed by atoms with E-state index < -0.39 is 0 Å². The predicted octanol–water partition coefficient (Wildman–Crippen LogP) is 4.62. The standard InChI is InChI=1S/C21H26N2O3S/c1-5-18(15-10-12-16(25-4)13-11-15)22-21(27)23-19-9-7-8-17(14(19)3)20(24)26-6-2/h7-13,18H,5-6H2,1-4H3,(H2,22,23,27)/t18-/m1/s1. The number of methoxy groups -OCH3 is 1. The molecule has 144 valence electrons. The Hall–Kier alpha value is -2.60. The number of nitrogens with one attached hydrogen (secondary N) is 2. The third-order valence-electron chi connectivity index (χ3n) is 4.31. The van der Waals surface area contributed by atoms with E-state index in [4.69, 9.17) is 21.7 Å². The van der Waals surface area contributed by atoms with E-state index in [1.54, 1.807) is 20.1 Å². The zero-order valence-corrected chi connectivity index (χ0v) is 17.0. The summed E-state index contributed by atoms with van der Waals surface area (Å²) in [6.07, 6.45) is 0.871. The van der Waals surface area contributed by atoms with E-state index in [-0.39, 0.29) is 12.0 Å². The van der Waals surface area contributed by atoms with Gasteiger partial charge in [0.2, 0.25) is 0 Å². The normalized spacial score (nSPS) is 11.4. The lowest BCUT2D eigenvalue weighted by molar-refractivity contribution is 0.0525. The first-order valence-electron chi connectivity index (χ1n) is 8.98. The first kappa shape index (κ1) is 20.7. The number of benzene rings is 2. The Bertz CT molecular complexity index is 791. The average molecular weight is 387 g/mol. The highest BCUT2D eigenvalue weighted by Gasteiger charge is 2.15. The summed E-state index contributed by atoms with van der Waals surface area (Å²) in [6, 6.07) is 13.4. The zero-order chi connectivity index (χ0) is 19.8. The number of hydrogen-bond donors (Lipinski definition) is 2. The minimum Gasteiger partial charge on any atom is -0.497 e. The molecule has 0 radical (unpaired) electrons. The number of thiocarbonyl (C=S) groups is 1. The lowest BCUT2D eigenvalue weighted by atomic mass is 10.0. The van der Waals surface area contributed by atoms with Gasteiger partial charge in [0.05, 0.1) is 25.3 Å². The second-order valence-electron chi connectivity index (χ2n) is 6.03. The second-order valence-corrected chi connectivity index (χ2v) is 6.44. The van der Waals surface area contributed by atoms with Gasteiger partial charge in [0.1, 0.15) is 5.75 Å². The monoisotopic (exact) mass is 386 g/mol. The highest BCUT2D eigenvalue weighted by atomic mass is 32.1. The molecule has 0 aliphatic heterocycles. The van der Waals surface area contributed by atoms with Crippen LogP contribution < -0.4 is 15.4 Å². The number of ether oxygens (including phenoxy) is 2. The number of anilines is 1. The van der Waals surface area contributed by atoms with Crippen LogP contribution in [0.15, 0.2) is 42.5 Å². The topological polar surface area (TPSA) is 59.6 Å². The fourth-order valence-corrected chi connectivity index (χ4v) is 3.03. The number of carbonyl (C=O) groups is 1. The summed E-state index contributed by atoms with van der Waals surface area (Å²) in [6.45, 7) is 6.10. The molecule has 2 rings (SSSR count). The van der Waals surface area contributed by atoms with Gasteiger partial charge in [-0.3, -0.25) is 0 Å². The van der Waals surface area contributed by atoms with Gasteiger partial charge in [0.15, 0.2) is 5.11 Å². The Labute approximate surface area is 166 Å². The van der Waals surface area contributed by atoms with E-state index in [1.165, 1.54) is 0 Å². The Morgan fingerprint density at radius 2 is 1.85 bits per heavy atom. The van der Waals surface area contributed by atoms with E-state index in [9.17, 15) is 4.79 Å². The Balaban J connectivity index is 2.09. The molecule has 0 amide bonds. The molecule has 2 aromatic carbocycles. The average Bonchev–Trinajstić information content (AvgIpc) is 2.68. The number of carbonyl (C=O) groups excluding carboxylic acids is 1. The quantitative estimate of drug-likeness (QED) is 0.535. The van der Waals surface area contributed by atoms with Crippen molar-refractivity contribution in [3.05, 3.63) is 59.2 Å². The highest BCUT2D eigenvalue weighted by molar-refractivity contribution is 7.80. The van der Waals surface area contributed by atoms with Crippen molar-refractivity contribution in [2.45, 2.75) is 33.2 Å². The molecule has 0 heterocycles. The Morgan fingerprint density at radius 1 is 1.15 bits per heavy atom. The van der Waals surface area contributed by atoms with Crippen LogP contribution in [0.2, 0.25) is 0 Å². The molecule has 0 saturated carbocycles. The Kier molecular flexibility index (Phi) is 7.61. The van der Waals surface area contributed by atoms with E-state index in [0.717, 1.165) is 29.0 Å². The predicted molar refractivity (Wildman–Crippen MR) is 113 cm³/mol. The van der Waals surface area contributed by atoms with E-state index in [1.807, 2.05) is 43.3 Å². The van der Waals surface area contributed by atoms with Gasteiger partial charge in [-0.05, 0) is 67.9 Å². The van der Waals surface area contributed by atoms with Gasteiger partial charge in [0, 0.05) is 5.69 Å². The molecule has 5 nitrogen and oxygen atoms in total. The van der Waals surface area contributed by atoms with Crippen LogP contribution in [0.3, 0.4) is 0 Å². The molecule has 0 unspecified atom stereocenters. The van der Waals surface area contributed by atoms with Crippen LogP contribution in [-0.4, -0.2) is 24.8 Å². The third kappa shape index (κ3) is 5.44. The van der Waals surface area contributed by atoms with E-state index >= 15 is 0 Å². The molecule has 2 aromatic rings. The van der Waals surface area contributed by atoms with Gasteiger partial charge >= 0.3 is 5.97 Å². The van der Waals surface area contributed by atoms with Crippen molar-refractivity contribution in [2.24, 2.45) is 0 Å². The smallest absolute Gasteiger partial charge is 0.338 e. The minimum atomic E-state index is -0.331. The van der Waals surface area contributed by atoms with Crippen LogP contribution in [-0.2, 0) is 4.74 Å². The summed E-state index contributed by atoms with van der Waals surface area (Å²) < 4.78 is 10.3. The molecule has 0 fully saturated rings. The highest BCUT2D eigenvalue weighted by Crippen LogP contribution is 2.22. The maximum absolute atomic E-state index is 12.1. The molecule has 0 aliphatic rings. The number of esters is 1. The van der Waals surface area contributed by atoms with Gasteiger partial charge in [-0.2, -0.15) is 0 Å². The third-order valence-corrected chi connectivity index (χ3v) is 4.53. The van der Waals surface area contributed by atoms with Crippen molar-refractivity contribution in [1.29, 1.82) is 0 Å². The van der Waals surface area contributed by atoms with Crippen molar-refractivity contribution in [3.8, 4) is 5.75 Å². The largest absolute Gasteiger partial charge is 0.497 e. The lowest BCUT2D eigenvalue weighted by Gasteiger charge is -2.21. The van der Waals surface area contributed by atoms with Gasteiger partial charge in [0.25, 0.3) is 0 Å². The van der Waals surface area contributed by atoms with E-state index in [2.05, 4.69) is 17.6 Å².